The van der Waals surface area contributed by atoms with Crippen molar-refractivity contribution in [3.8, 4) is 0 Å². The van der Waals surface area contributed by atoms with Gasteiger partial charge in [0.25, 0.3) is 11.8 Å². The van der Waals surface area contributed by atoms with Crippen LogP contribution in [0.15, 0.2) is 24.3 Å². The Bertz CT molecular complexity index is 431. The Hall–Kier alpha value is -1.76. The third kappa shape index (κ3) is 1.18. The third-order valence-electron chi connectivity index (χ3n) is 2.52. The van der Waals surface area contributed by atoms with Crippen LogP contribution in [0.25, 0.3) is 0 Å². The maximum atomic E-state index is 11.9. The quantitative estimate of drug-likeness (QED) is 0.510. The van der Waals surface area contributed by atoms with Crippen molar-refractivity contribution < 1.29 is 24.4 Å². The second kappa shape index (κ2) is 3.38. The number of amides is 2. The summed E-state index contributed by atoms with van der Waals surface area (Å²) in [5.41, 5.74) is 0.756. The first kappa shape index (κ1) is 9.46. The Morgan fingerprint density at radius 2 is 1.75 bits per heavy atom. The number of carbonyl (C=O) groups is 2. The van der Waals surface area contributed by atoms with Crippen molar-refractivity contribution in [1.29, 1.82) is 0 Å². The molecule has 1 aromatic rings. The van der Waals surface area contributed by atoms with Gasteiger partial charge in [0, 0.05) is 0 Å². The standard InChI is InChI=1S/C10H7NO5/c12-9-6-3-1-2-4-7(6)10(13)11(9)8-5-14-16-15-8/h1-4,8H,5H2. The first-order valence-electron chi connectivity index (χ1n) is 4.71. The lowest BCUT2D eigenvalue weighted by Gasteiger charge is -2.16. The monoisotopic (exact) mass is 221 g/mol. The van der Waals surface area contributed by atoms with E-state index in [0.29, 0.717) is 11.1 Å². The Morgan fingerprint density at radius 1 is 1.12 bits per heavy atom. The smallest absolute Gasteiger partial charge is 0.263 e. The van der Waals surface area contributed by atoms with E-state index in [9.17, 15) is 9.59 Å². The van der Waals surface area contributed by atoms with Crippen molar-refractivity contribution in [1.82, 2.24) is 4.90 Å². The van der Waals surface area contributed by atoms with E-state index >= 15 is 0 Å². The van der Waals surface area contributed by atoms with E-state index in [2.05, 4.69) is 14.8 Å². The Morgan fingerprint density at radius 3 is 2.25 bits per heavy atom. The van der Waals surface area contributed by atoms with Crippen LogP contribution in [0.3, 0.4) is 0 Å². The SMILES string of the molecule is O=C1c2ccccc2C(=O)N1C1COOO1. The molecule has 2 aliphatic rings. The van der Waals surface area contributed by atoms with Crippen LogP contribution in [0.1, 0.15) is 20.7 Å². The number of hydrogen-bond acceptors (Lipinski definition) is 5. The molecule has 16 heavy (non-hydrogen) atoms. The average Bonchev–Trinajstić information content (AvgIpc) is 2.89. The zero-order valence-electron chi connectivity index (χ0n) is 8.08. The van der Waals surface area contributed by atoms with Gasteiger partial charge < -0.3 is 0 Å². The largest absolute Gasteiger partial charge is 0.268 e. The highest BCUT2D eigenvalue weighted by Crippen LogP contribution is 2.26. The first-order valence-corrected chi connectivity index (χ1v) is 4.71. The number of nitrogens with zero attached hydrogens (tertiary/aromatic N) is 1. The van der Waals surface area contributed by atoms with Gasteiger partial charge >= 0.3 is 0 Å². The van der Waals surface area contributed by atoms with E-state index in [1.165, 1.54) is 0 Å². The normalized spacial score (nSPS) is 24.0. The van der Waals surface area contributed by atoms with Crippen molar-refractivity contribution in [3.63, 3.8) is 0 Å². The van der Waals surface area contributed by atoms with E-state index in [0.717, 1.165) is 4.90 Å². The van der Waals surface area contributed by atoms with Gasteiger partial charge in [-0.2, -0.15) is 4.89 Å². The highest BCUT2D eigenvalue weighted by Gasteiger charge is 2.42. The molecule has 1 saturated heterocycles. The van der Waals surface area contributed by atoms with Crippen LogP contribution >= 0.6 is 0 Å². The molecule has 1 fully saturated rings. The van der Waals surface area contributed by atoms with Gasteiger partial charge in [-0.15, -0.1) is 0 Å². The van der Waals surface area contributed by atoms with Gasteiger partial charge in [-0.25, -0.2) is 9.79 Å². The molecule has 6 nitrogen and oxygen atoms in total. The highest BCUT2D eigenvalue weighted by atomic mass is 17.5. The van der Waals surface area contributed by atoms with Crippen LogP contribution in [0.5, 0.6) is 0 Å². The van der Waals surface area contributed by atoms with Crippen LogP contribution in [-0.4, -0.2) is 29.5 Å². The molecule has 0 bridgehead atoms. The maximum absolute atomic E-state index is 11.9. The summed E-state index contributed by atoms with van der Waals surface area (Å²) in [6, 6.07) is 6.62. The summed E-state index contributed by atoms with van der Waals surface area (Å²) in [4.78, 5) is 34.0. The van der Waals surface area contributed by atoms with E-state index in [-0.39, 0.29) is 18.4 Å². The molecule has 1 unspecified atom stereocenters. The second-order valence-electron chi connectivity index (χ2n) is 3.43. The zero-order valence-corrected chi connectivity index (χ0v) is 8.08. The van der Waals surface area contributed by atoms with Crippen molar-refractivity contribution in [2.75, 3.05) is 6.61 Å². The third-order valence-corrected chi connectivity index (χ3v) is 2.52. The van der Waals surface area contributed by atoms with Gasteiger partial charge in [0.15, 0.2) is 0 Å². The van der Waals surface area contributed by atoms with Crippen LogP contribution < -0.4 is 0 Å². The summed E-state index contributed by atoms with van der Waals surface area (Å²) in [5, 5.41) is 4.22. The molecule has 0 aliphatic carbocycles. The molecule has 1 atom stereocenters. The first-order chi connectivity index (χ1) is 7.79. The molecule has 2 aliphatic heterocycles. The fourth-order valence-corrected chi connectivity index (χ4v) is 1.77. The molecule has 82 valence electrons. The number of carbonyl (C=O) groups excluding carboxylic acids is 2. The number of fused-ring (bicyclic) bond motifs is 1. The van der Waals surface area contributed by atoms with E-state index in [1.54, 1.807) is 24.3 Å². The summed E-state index contributed by atoms with van der Waals surface area (Å²) in [6.45, 7) is 0.0193. The van der Waals surface area contributed by atoms with Crippen molar-refractivity contribution >= 4 is 11.8 Å². The van der Waals surface area contributed by atoms with E-state index in [4.69, 9.17) is 0 Å². The molecule has 1 aromatic carbocycles. The number of hydrogen-bond donors (Lipinski definition) is 0. The van der Waals surface area contributed by atoms with Crippen molar-refractivity contribution in [2.24, 2.45) is 0 Å². The van der Waals surface area contributed by atoms with Crippen LogP contribution in [0, 0.1) is 0 Å². The molecule has 0 aromatic heterocycles. The van der Waals surface area contributed by atoms with Gasteiger partial charge in [-0.1, -0.05) is 17.2 Å². The molecule has 2 heterocycles. The lowest BCUT2D eigenvalue weighted by molar-refractivity contribution is -0.463. The molecule has 0 radical (unpaired) electrons. The minimum Gasteiger partial charge on any atom is -0.268 e. The summed E-state index contributed by atoms with van der Waals surface area (Å²) >= 11 is 0. The molecular weight excluding hydrogens is 214 g/mol. The Labute approximate surface area is 90.2 Å². The molecule has 2 amide bonds. The number of benzene rings is 1. The summed E-state index contributed by atoms with van der Waals surface area (Å²) < 4.78 is 0. The van der Waals surface area contributed by atoms with Crippen LogP contribution in [0.2, 0.25) is 0 Å². The Kier molecular flexibility index (Phi) is 2.00. The van der Waals surface area contributed by atoms with Crippen LogP contribution in [-0.2, 0) is 14.8 Å². The predicted octanol–water partition coefficient (Wildman–Crippen LogP) is 0.502. The molecular formula is C10H7NO5. The molecule has 3 rings (SSSR count). The lowest BCUT2D eigenvalue weighted by Crippen LogP contribution is -2.41. The fraction of sp³-hybridized carbons (Fsp3) is 0.200. The van der Waals surface area contributed by atoms with Crippen LogP contribution in [0.4, 0.5) is 0 Å². The molecule has 0 saturated carbocycles. The zero-order chi connectivity index (χ0) is 11.1. The minimum atomic E-state index is -0.813. The molecule has 6 heteroatoms. The van der Waals surface area contributed by atoms with Crippen molar-refractivity contribution in [3.05, 3.63) is 35.4 Å². The summed E-state index contributed by atoms with van der Waals surface area (Å²) in [6.07, 6.45) is -0.813. The Balaban J connectivity index is 2.00. The number of rotatable bonds is 1. The summed E-state index contributed by atoms with van der Waals surface area (Å²) in [5.74, 6) is -0.778. The van der Waals surface area contributed by atoms with E-state index in [1.807, 2.05) is 0 Å². The highest BCUT2D eigenvalue weighted by molar-refractivity contribution is 6.21. The van der Waals surface area contributed by atoms with Crippen molar-refractivity contribution in [2.45, 2.75) is 6.23 Å². The predicted molar refractivity (Wildman–Crippen MR) is 48.9 cm³/mol. The minimum absolute atomic E-state index is 0.0193. The topological polar surface area (TPSA) is 65.1 Å². The van der Waals surface area contributed by atoms with Gasteiger partial charge in [0.05, 0.1) is 11.1 Å². The average molecular weight is 221 g/mol. The second-order valence-corrected chi connectivity index (χ2v) is 3.43. The lowest BCUT2D eigenvalue weighted by atomic mass is 10.1. The van der Waals surface area contributed by atoms with Gasteiger partial charge in [0.2, 0.25) is 6.23 Å². The van der Waals surface area contributed by atoms with Gasteiger partial charge in [-0.3, -0.25) is 9.59 Å². The maximum Gasteiger partial charge on any atom is 0.263 e. The van der Waals surface area contributed by atoms with Gasteiger partial charge in [-0.05, 0) is 12.1 Å². The fourth-order valence-electron chi connectivity index (χ4n) is 1.77. The molecule has 0 spiro atoms. The summed E-state index contributed by atoms with van der Waals surface area (Å²) in [7, 11) is 0. The van der Waals surface area contributed by atoms with E-state index < -0.39 is 6.23 Å². The molecule has 0 N–H and O–H groups in total. The van der Waals surface area contributed by atoms with Gasteiger partial charge in [0.1, 0.15) is 6.61 Å². The number of imide groups is 1.